The first-order chi connectivity index (χ1) is 9.73. The number of benzene rings is 1. The van der Waals surface area contributed by atoms with Crippen molar-refractivity contribution in [1.82, 2.24) is 4.72 Å². The molecule has 1 fully saturated rings. The molecule has 8 heteroatoms. The summed E-state index contributed by atoms with van der Waals surface area (Å²) in [4.78, 5) is 10.8. The molecule has 6 nitrogen and oxygen atoms in total. The summed E-state index contributed by atoms with van der Waals surface area (Å²) in [5.74, 6) is -1.20. The van der Waals surface area contributed by atoms with Crippen molar-refractivity contribution in [1.29, 1.82) is 0 Å². The molecule has 1 aromatic carbocycles. The summed E-state index contributed by atoms with van der Waals surface area (Å²) >= 11 is 5.81. The van der Waals surface area contributed by atoms with Gasteiger partial charge < -0.3 is 9.84 Å². The van der Waals surface area contributed by atoms with Crippen molar-refractivity contribution in [3.8, 4) is 0 Å². The number of ether oxygens (including phenoxy) is 1. The van der Waals surface area contributed by atoms with E-state index < -0.39 is 21.5 Å². The molecular weight excluding hydrogens is 318 g/mol. The molecule has 1 aliphatic heterocycles. The van der Waals surface area contributed by atoms with Crippen molar-refractivity contribution in [3.05, 3.63) is 28.8 Å². The molecule has 1 aliphatic rings. The van der Waals surface area contributed by atoms with Crippen LogP contribution in [0.25, 0.3) is 0 Å². The minimum absolute atomic E-state index is 0.0507. The highest BCUT2D eigenvalue weighted by molar-refractivity contribution is 7.89. The van der Waals surface area contributed by atoms with Gasteiger partial charge in [-0.1, -0.05) is 11.6 Å². The number of sulfonamides is 1. The molecule has 21 heavy (non-hydrogen) atoms. The maximum Gasteiger partial charge on any atom is 0.337 e. The zero-order valence-electron chi connectivity index (χ0n) is 11.4. The van der Waals surface area contributed by atoms with E-state index in [1.165, 1.54) is 12.1 Å². The predicted molar refractivity (Wildman–Crippen MR) is 77.2 cm³/mol. The lowest BCUT2D eigenvalue weighted by Crippen LogP contribution is -2.49. The Bertz CT molecular complexity index is 653. The smallest absolute Gasteiger partial charge is 0.337 e. The van der Waals surface area contributed by atoms with Crippen LogP contribution in [-0.2, 0) is 14.8 Å². The van der Waals surface area contributed by atoms with Gasteiger partial charge in [0.15, 0.2) is 0 Å². The first-order valence-corrected chi connectivity index (χ1v) is 8.24. The third-order valence-electron chi connectivity index (χ3n) is 3.46. The quantitative estimate of drug-likeness (QED) is 0.877. The van der Waals surface area contributed by atoms with Crippen LogP contribution in [0.5, 0.6) is 0 Å². The van der Waals surface area contributed by atoms with Gasteiger partial charge in [-0.25, -0.2) is 17.9 Å². The Morgan fingerprint density at radius 3 is 2.52 bits per heavy atom. The van der Waals surface area contributed by atoms with Crippen LogP contribution in [0.15, 0.2) is 23.1 Å². The van der Waals surface area contributed by atoms with E-state index in [0.717, 1.165) is 6.07 Å². The molecule has 0 bridgehead atoms. The zero-order valence-corrected chi connectivity index (χ0v) is 13.0. The van der Waals surface area contributed by atoms with Crippen LogP contribution in [0.1, 0.15) is 30.1 Å². The van der Waals surface area contributed by atoms with Gasteiger partial charge in [0.25, 0.3) is 0 Å². The average Bonchev–Trinajstić information content (AvgIpc) is 2.37. The van der Waals surface area contributed by atoms with Crippen molar-refractivity contribution in [2.24, 2.45) is 0 Å². The molecule has 2 N–H and O–H groups in total. The van der Waals surface area contributed by atoms with Crippen LogP contribution in [-0.4, -0.2) is 38.2 Å². The molecule has 0 atom stereocenters. The highest BCUT2D eigenvalue weighted by Gasteiger charge is 2.32. The van der Waals surface area contributed by atoms with Gasteiger partial charge >= 0.3 is 5.97 Å². The van der Waals surface area contributed by atoms with Gasteiger partial charge in [0.05, 0.1) is 15.5 Å². The lowest BCUT2D eigenvalue weighted by molar-refractivity contribution is 0.0537. The first kappa shape index (κ1) is 16.2. The summed E-state index contributed by atoms with van der Waals surface area (Å²) < 4.78 is 32.6. The second kappa shape index (κ2) is 5.92. The van der Waals surface area contributed by atoms with E-state index >= 15 is 0 Å². The molecular formula is C13H16ClNO5S. The van der Waals surface area contributed by atoms with E-state index in [4.69, 9.17) is 21.4 Å². The molecule has 0 aliphatic carbocycles. The summed E-state index contributed by atoms with van der Waals surface area (Å²) in [6.07, 6.45) is 1.15. The van der Waals surface area contributed by atoms with Crippen LogP contribution >= 0.6 is 11.6 Å². The van der Waals surface area contributed by atoms with Crippen molar-refractivity contribution in [2.45, 2.75) is 30.2 Å². The molecule has 0 amide bonds. The number of carbonyl (C=O) groups is 1. The van der Waals surface area contributed by atoms with Crippen molar-refractivity contribution in [2.75, 3.05) is 13.2 Å². The molecule has 1 heterocycles. The Morgan fingerprint density at radius 1 is 1.38 bits per heavy atom. The number of nitrogens with one attached hydrogen (secondary N) is 1. The zero-order chi connectivity index (χ0) is 15.7. The molecule has 0 unspecified atom stereocenters. The largest absolute Gasteiger partial charge is 0.478 e. The average molecular weight is 334 g/mol. The second-order valence-electron chi connectivity index (χ2n) is 5.23. The molecule has 2 rings (SSSR count). The van der Waals surface area contributed by atoms with Gasteiger partial charge in [-0.05, 0) is 38.0 Å². The Kier molecular flexibility index (Phi) is 4.57. The summed E-state index contributed by atoms with van der Waals surface area (Å²) in [7, 11) is -3.77. The number of halogens is 1. The molecule has 0 aromatic heterocycles. The van der Waals surface area contributed by atoms with Crippen LogP contribution in [0.3, 0.4) is 0 Å². The fraction of sp³-hybridized carbons (Fsp3) is 0.462. The van der Waals surface area contributed by atoms with E-state index in [9.17, 15) is 13.2 Å². The fourth-order valence-corrected chi connectivity index (χ4v) is 3.96. The van der Waals surface area contributed by atoms with Gasteiger partial charge in [-0.3, -0.25) is 0 Å². The summed E-state index contributed by atoms with van der Waals surface area (Å²) in [6, 6.07) is 3.57. The highest BCUT2D eigenvalue weighted by atomic mass is 35.5. The lowest BCUT2D eigenvalue weighted by Gasteiger charge is -2.34. The summed E-state index contributed by atoms with van der Waals surface area (Å²) in [6.45, 7) is 2.82. The van der Waals surface area contributed by atoms with Gasteiger partial charge in [0.2, 0.25) is 10.0 Å². The van der Waals surface area contributed by atoms with Gasteiger partial charge in [0, 0.05) is 18.8 Å². The lowest BCUT2D eigenvalue weighted by atomic mass is 9.94. The Balaban J connectivity index is 2.27. The van der Waals surface area contributed by atoms with E-state index in [2.05, 4.69) is 4.72 Å². The number of rotatable bonds is 4. The van der Waals surface area contributed by atoms with Crippen LogP contribution in [0.2, 0.25) is 5.02 Å². The first-order valence-electron chi connectivity index (χ1n) is 6.38. The summed E-state index contributed by atoms with van der Waals surface area (Å²) in [5.41, 5.74) is -0.706. The number of aromatic carboxylic acids is 1. The molecule has 116 valence electrons. The maximum absolute atomic E-state index is 12.4. The minimum atomic E-state index is -3.77. The normalized spacial score (nSPS) is 18.4. The third kappa shape index (κ3) is 3.74. The third-order valence-corrected chi connectivity index (χ3v) is 5.41. The maximum atomic E-state index is 12.4. The number of carboxylic acids is 1. The van der Waals surface area contributed by atoms with Crippen molar-refractivity contribution < 1.29 is 23.1 Å². The van der Waals surface area contributed by atoms with Gasteiger partial charge in [-0.15, -0.1) is 0 Å². The Morgan fingerprint density at radius 2 is 2.00 bits per heavy atom. The van der Waals surface area contributed by atoms with Crippen LogP contribution in [0.4, 0.5) is 0 Å². The Labute approximate surface area is 128 Å². The topological polar surface area (TPSA) is 92.7 Å². The predicted octanol–water partition coefficient (Wildman–Crippen LogP) is 1.89. The van der Waals surface area contributed by atoms with Crippen molar-refractivity contribution >= 4 is 27.6 Å². The van der Waals surface area contributed by atoms with Crippen LogP contribution < -0.4 is 4.72 Å². The van der Waals surface area contributed by atoms with Gasteiger partial charge in [-0.2, -0.15) is 0 Å². The SMILES string of the molecule is CC1(NS(=O)(=O)c2ccc(C(=O)O)c(Cl)c2)CCOCC1. The van der Waals surface area contributed by atoms with E-state index in [-0.39, 0.29) is 15.5 Å². The fourth-order valence-electron chi connectivity index (χ4n) is 2.14. The molecule has 0 spiro atoms. The Hall–Kier alpha value is -1.15. The minimum Gasteiger partial charge on any atom is -0.478 e. The second-order valence-corrected chi connectivity index (χ2v) is 7.31. The van der Waals surface area contributed by atoms with Crippen molar-refractivity contribution in [3.63, 3.8) is 0 Å². The monoisotopic (exact) mass is 333 g/mol. The number of carboxylic acid groups (broad SMARTS) is 1. The number of hydrogen-bond donors (Lipinski definition) is 2. The number of hydrogen-bond acceptors (Lipinski definition) is 4. The van der Waals surface area contributed by atoms with Crippen LogP contribution in [0, 0.1) is 0 Å². The summed E-state index contributed by atoms with van der Waals surface area (Å²) in [5, 5.41) is 8.79. The molecule has 0 radical (unpaired) electrons. The van der Waals surface area contributed by atoms with Gasteiger partial charge in [0.1, 0.15) is 0 Å². The highest BCUT2D eigenvalue weighted by Crippen LogP contribution is 2.25. The molecule has 1 aromatic rings. The molecule has 1 saturated heterocycles. The van der Waals surface area contributed by atoms with E-state index in [1.54, 1.807) is 0 Å². The van der Waals surface area contributed by atoms with E-state index in [0.29, 0.717) is 26.1 Å². The standard InChI is InChI=1S/C13H16ClNO5S/c1-13(4-6-20-7-5-13)15-21(18,19)9-2-3-10(12(16)17)11(14)8-9/h2-3,8,15H,4-7H2,1H3,(H,16,17). The van der Waals surface area contributed by atoms with E-state index in [1.807, 2.05) is 6.92 Å². The molecule has 0 saturated carbocycles.